The average Bonchev–Trinajstić information content (AvgIpc) is 2.47. The van der Waals surface area contributed by atoms with Crippen LogP contribution in [-0.2, 0) is 14.2 Å². The molecule has 2 N–H and O–H groups in total. The maximum absolute atomic E-state index is 9.60. The molecule has 2 saturated heterocycles. The number of rotatable bonds is 1. The Hall–Kier alpha value is -0.200. The van der Waals surface area contributed by atoms with Crippen molar-refractivity contribution < 1.29 is 24.4 Å². The molecule has 0 aromatic rings. The summed E-state index contributed by atoms with van der Waals surface area (Å²) in [5.74, 6) is -0.712. The van der Waals surface area contributed by atoms with E-state index in [1.54, 1.807) is 13.8 Å². The van der Waals surface area contributed by atoms with Gasteiger partial charge in [-0.15, -0.1) is 0 Å². The molecule has 0 aliphatic carbocycles. The van der Waals surface area contributed by atoms with Gasteiger partial charge in [0.25, 0.3) is 0 Å². The monoisotopic (exact) mass is 190 g/mol. The molecule has 2 rings (SSSR count). The minimum absolute atomic E-state index is 0.221. The van der Waals surface area contributed by atoms with Crippen molar-refractivity contribution in [3.63, 3.8) is 0 Å². The second-order valence-corrected chi connectivity index (χ2v) is 3.82. The molecule has 76 valence electrons. The third kappa shape index (κ3) is 1.47. The summed E-state index contributed by atoms with van der Waals surface area (Å²) in [6.07, 6.45) is -2.43. The van der Waals surface area contributed by atoms with Gasteiger partial charge in [0.1, 0.15) is 18.3 Å². The van der Waals surface area contributed by atoms with Gasteiger partial charge in [-0.05, 0) is 13.8 Å². The smallest absolute Gasteiger partial charge is 0.190 e. The molecule has 0 aromatic heterocycles. The fraction of sp³-hybridized carbons (Fsp3) is 1.00. The van der Waals surface area contributed by atoms with Crippen molar-refractivity contribution in [3.8, 4) is 0 Å². The van der Waals surface area contributed by atoms with Crippen molar-refractivity contribution in [2.75, 3.05) is 6.61 Å². The van der Waals surface area contributed by atoms with E-state index < -0.39 is 30.4 Å². The maximum atomic E-state index is 9.60. The molecule has 0 saturated carbocycles. The Bertz CT molecular complexity index is 205. The lowest BCUT2D eigenvalue weighted by molar-refractivity contribution is -0.218. The van der Waals surface area contributed by atoms with Gasteiger partial charge in [0.05, 0.1) is 6.61 Å². The topological polar surface area (TPSA) is 68.2 Å². The summed E-state index contributed by atoms with van der Waals surface area (Å²) in [4.78, 5) is 0. The quantitative estimate of drug-likeness (QED) is 0.567. The summed E-state index contributed by atoms with van der Waals surface area (Å²) in [6.45, 7) is 3.30. The summed E-state index contributed by atoms with van der Waals surface area (Å²) in [6, 6.07) is 0. The number of hydrogen-bond acceptors (Lipinski definition) is 5. The molecule has 2 aliphatic rings. The second-order valence-electron chi connectivity index (χ2n) is 3.82. The lowest BCUT2D eigenvalue weighted by atomic mass is 10.1. The van der Waals surface area contributed by atoms with Gasteiger partial charge < -0.3 is 24.4 Å². The third-order valence-electron chi connectivity index (χ3n) is 2.29. The summed E-state index contributed by atoms with van der Waals surface area (Å²) < 4.78 is 16.0. The molecule has 0 aromatic carbocycles. The van der Waals surface area contributed by atoms with Crippen molar-refractivity contribution in [2.24, 2.45) is 0 Å². The first kappa shape index (κ1) is 9.36. The van der Waals surface area contributed by atoms with E-state index in [1.807, 2.05) is 0 Å². The van der Waals surface area contributed by atoms with Crippen LogP contribution in [0.15, 0.2) is 0 Å². The first-order valence-electron chi connectivity index (χ1n) is 4.33. The SMILES string of the molecule is CC1(C)OC2O[C@H](CO)[C@H](O)C2O1. The molecular formula is C8H14O5. The lowest BCUT2D eigenvalue weighted by Crippen LogP contribution is -2.36. The van der Waals surface area contributed by atoms with Crippen molar-refractivity contribution >= 4 is 0 Å². The molecule has 0 amide bonds. The van der Waals surface area contributed by atoms with Crippen LogP contribution in [-0.4, -0.2) is 47.2 Å². The van der Waals surface area contributed by atoms with Crippen LogP contribution in [0.25, 0.3) is 0 Å². The second kappa shape index (κ2) is 2.90. The Morgan fingerprint density at radius 1 is 1.31 bits per heavy atom. The first-order valence-corrected chi connectivity index (χ1v) is 4.33. The van der Waals surface area contributed by atoms with Gasteiger partial charge in [-0.3, -0.25) is 0 Å². The number of aliphatic hydroxyl groups excluding tert-OH is 2. The van der Waals surface area contributed by atoms with E-state index in [9.17, 15) is 5.11 Å². The van der Waals surface area contributed by atoms with Crippen LogP contribution in [0.5, 0.6) is 0 Å². The molecular weight excluding hydrogens is 176 g/mol. The first-order chi connectivity index (χ1) is 6.03. The Balaban J connectivity index is 2.07. The number of aliphatic hydroxyl groups is 2. The number of hydrogen-bond donors (Lipinski definition) is 2. The van der Waals surface area contributed by atoms with Crippen LogP contribution in [0.4, 0.5) is 0 Å². The molecule has 2 unspecified atom stereocenters. The van der Waals surface area contributed by atoms with Gasteiger partial charge in [0.2, 0.25) is 0 Å². The molecule has 2 fully saturated rings. The van der Waals surface area contributed by atoms with Crippen LogP contribution >= 0.6 is 0 Å². The molecule has 0 spiro atoms. The molecule has 0 radical (unpaired) electrons. The van der Waals surface area contributed by atoms with Crippen molar-refractivity contribution in [2.45, 2.75) is 44.2 Å². The molecule has 5 heteroatoms. The molecule has 2 aliphatic heterocycles. The van der Waals surface area contributed by atoms with E-state index in [4.69, 9.17) is 19.3 Å². The Morgan fingerprint density at radius 3 is 2.54 bits per heavy atom. The van der Waals surface area contributed by atoms with Gasteiger partial charge in [-0.25, -0.2) is 0 Å². The number of ether oxygens (including phenoxy) is 3. The van der Waals surface area contributed by atoms with Gasteiger partial charge in [-0.2, -0.15) is 0 Å². The van der Waals surface area contributed by atoms with Gasteiger partial charge in [-0.1, -0.05) is 0 Å². The Labute approximate surface area is 76.2 Å². The molecule has 2 heterocycles. The zero-order chi connectivity index (χ0) is 9.64. The predicted octanol–water partition coefficient (Wildman–Crippen LogP) is -0.784. The van der Waals surface area contributed by atoms with Crippen molar-refractivity contribution in [1.29, 1.82) is 0 Å². The molecule has 4 atom stereocenters. The van der Waals surface area contributed by atoms with E-state index in [1.165, 1.54) is 0 Å². The van der Waals surface area contributed by atoms with Crippen LogP contribution < -0.4 is 0 Å². The molecule has 5 nitrogen and oxygen atoms in total. The van der Waals surface area contributed by atoms with Crippen LogP contribution in [0.1, 0.15) is 13.8 Å². The summed E-state index contributed by atoms with van der Waals surface area (Å²) >= 11 is 0. The van der Waals surface area contributed by atoms with Crippen LogP contribution in [0, 0.1) is 0 Å². The highest BCUT2D eigenvalue weighted by atomic mass is 16.8. The van der Waals surface area contributed by atoms with E-state index in [-0.39, 0.29) is 6.61 Å². The van der Waals surface area contributed by atoms with Crippen LogP contribution in [0.3, 0.4) is 0 Å². The standard InChI is InChI=1S/C8H14O5/c1-8(2)12-6-5(10)4(3-9)11-7(6)13-8/h4-7,9-10H,3H2,1-2H3/t4-,5+,6?,7?/m1/s1. The normalized spacial score (nSPS) is 48.0. The Morgan fingerprint density at radius 2 is 2.00 bits per heavy atom. The highest BCUT2D eigenvalue weighted by Gasteiger charge is 2.53. The molecule has 0 bridgehead atoms. The van der Waals surface area contributed by atoms with Gasteiger partial charge in [0.15, 0.2) is 12.1 Å². The average molecular weight is 190 g/mol. The minimum Gasteiger partial charge on any atom is -0.394 e. The Kier molecular flexibility index (Phi) is 2.08. The fourth-order valence-corrected chi connectivity index (χ4v) is 1.71. The fourth-order valence-electron chi connectivity index (χ4n) is 1.71. The number of fused-ring (bicyclic) bond motifs is 1. The summed E-state index contributed by atoms with van der Waals surface area (Å²) in [5.41, 5.74) is 0. The van der Waals surface area contributed by atoms with Crippen molar-refractivity contribution in [3.05, 3.63) is 0 Å². The third-order valence-corrected chi connectivity index (χ3v) is 2.29. The lowest BCUT2D eigenvalue weighted by Gasteiger charge is -2.21. The predicted molar refractivity (Wildman–Crippen MR) is 41.8 cm³/mol. The summed E-state index contributed by atoms with van der Waals surface area (Å²) in [7, 11) is 0. The van der Waals surface area contributed by atoms with E-state index in [0.29, 0.717) is 0 Å². The highest BCUT2D eigenvalue weighted by Crippen LogP contribution is 2.36. The van der Waals surface area contributed by atoms with E-state index in [0.717, 1.165) is 0 Å². The summed E-state index contributed by atoms with van der Waals surface area (Å²) in [5, 5.41) is 18.4. The zero-order valence-electron chi connectivity index (χ0n) is 7.64. The molecule has 13 heavy (non-hydrogen) atoms. The van der Waals surface area contributed by atoms with Gasteiger partial charge >= 0.3 is 0 Å². The minimum atomic E-state index is -0.809. The van der Waals surface area contributed by atoms with Crippen LogP contribution in [0.2, 0.25) is 0 Å². The van der Waals surface area contributed by atoms with E-state index in [2.05, 4.69) is 0 Å². The van der Waals surface area contributed by atoms with Crippen molar-refractivity contribution in [1.82, 2.24) is 0 Å². The maximum Gasteiger partial charge on any atom is 0.190 e. The van der Waals surface area contributed by atoms with Gasteiger partial charge in [0, 0.05) is 0 Å². The largest absolute Gasteiger partial charge is 0.394 e. The van der Waals surface area contributed by atoms with E-state index >= 15 is 0 Å². The zero-order valence-corrected chi connectivity index (χ0v) is 7.64. The highest BCUT2D eigenvalue weighted by molar-refractivity contribution is 4.92.